The van der Waals surface area contributed by atoms with Crippen LogP contribution in [0.2, 0.25) is 0 Å². The second kappa shape index (κ2) is 7.57. The van der Waals surface area contributed by atoms with E-state index in [1.165, 1.54) is 17.1 Å². The van der Waals surface area contributed by atoms with Crippen LogP contribution in [0.1, 0.15) is 22.3 Å². The summed E-state index contributed by atoms with van der Waals surface area (Å²) in [4.78, 5) is 24.0. The van der Waals surface area contributed by atoms with Crippen LogP contribution in [0.4, 0.5) is 4.39 Å². The Morgan fingerprint density at radius 3 is 2.68 bits per heavy atom. The molecule has 0 aliphatic carbocycles. The predicted octanol–water partition coefficient (Wildman–Crippen LogP) is 3.38. The molecular weight excluding hydrogens is 391 g/mol. The van der Waals surface area contributed by atoms with Crippen molar-refractivity contribution in [3.63, 3.8) is 0 Å². The molecule has 2 aromatic rings. The lowest BCUT2D eigenvalue weighted by Gasteiger charge is -2.11. The predicted molar refractivity (Wildman–Crippen MR) is 93.7 cm³/mol. The second-order valence-corrected chi connectivity index (χ2v) is 6.30. The smallest absolute Gasteiger partial charge is 0.341 e. The molecule has 0 radical (unpaired) electrons. The van der Waals surface area contributed by atoms with E-state index in [9.17, 15) is 14.0 Å². The van der Waals surface area contributed by atoms with Gasteiger partial charge in [-0.05, 0) is 23.8 Å². The number of hydrogen-bond donors (Lipinski definition) is 0. The highest BCUT2D eigenvalue weighted by Crippen LogP contribution is 2.17. The first-order valence-electron chi connectivity index (χ1n) is 7.60. The summed E-state index contributed by atoms with van der Waals surface area (Å²) in [5.74, 6) is -2.04. The summed E-state index contributed by atoms with van der Waals surface area (Å²) in [6, 6.07) is 13.5. The maximum atomic E-state index is 13.7. The van der Waals surface area contributed by atoms with Crippen molar-refractivity contribution in [1.82, 2.24) is 5.01 Å². The minimum absolute atomic E-state index is 0.217. The van der Waals surface area contributed by atoms with Crippen molar-refractivity contribution in [2.75, 3.05) is 13.2 Å². The number of hydrogen-bond acceptors (Lipinski definition) is 4. The van der Waals surface area contributed by atoms with Crippen LogP contribution in [-0.4, -0.2) is 35.7 Å². The number of ether oxygens (including phenoxy) is 1. The fraction of sp³-hybridized carbons (Fsp3) is 0.167. The zero-order valence-corrected chi connectivity index (χ0v) is 14.7. The van der Waals surface area contributed by atoms with E-state index in [1.807, 2.05) is 30.3 Å². The minimum Gasteiger partial charge on any atom is -0.452 e. The highest BCUT2D eigenvalue weighted by Gasteiger charge is 2.23. The van der Waals surface area contributed by atoms with Gasteiger partial charge in [-0.1, -0.05) is 46.3 Å². The molecule has 0 N–H and O–H groups in total. The third-order valence-electron chi connectivity index (χ3n) is 3.67. The summed E-state index contributed by atoms with van der Waals surface area (Å²) in [6.45, 7) is -0.0623. The number of carbonyl (C=O) groups excluding carboxylic acids is 2. The van der Waals surface area contributed by atoms with Crippen molar-refractivity contribution in [3.05, 3.63) is 69.9 Å². The molecule has 0 spiro atoms. The SMILES string of the molecule is O=C(OCC(=O)N1CCC(c2ccccc2)=N1)c1ccc(Br)cc1F. The number of benzene rings is 2. The monoisotopic (exact) mass is 404 g/mol. The largest absolute Gasteiger partial charge is 0.452 e. The van der Waals surface area contributed by atoms with E-state index in [0.29, 0.717) is 17.4 Å². The lowest BCUT2D eigenvalue weighted by atomic mass is 10.1. The molecule has 0 fully saturated rings. The van der Waals surface area contributed by atoms with Crippen molar-refractivity contribution in [1.29, 1.82) is 0 Å². The van der Waals surface area contributed by atoms with Gasteiger partial charge in [-0.2, -0.15) is 5.10 Å². The van der Waals surface area contributed by atoms with E-state index in [0.717, 1.165) is 17.3 Å². The topological polar surface area (TPSA) is 59.0 Å². The second-order valence-electron chi connectivity index (χ2n) is 5.38. The highest BCUT2D eigenvalue weighted by molar-refractivity contribution is 9.10. The van der Waals surface area contributed by atoms with Crippen LogP contribution < -0.4 is 0 Å². The summed E-state index contributed by atoms with van der Waals surface area (Å²) in [5.41, 5.74) is 1.54. The molecule has 3 rings (SSSR count). The molecule has 2 aromatic carbocycles. The van der Waals surface area contributed by atoms with Gasteiger partial charge in [0.1, 0.15) is 5.82 Å². The Hall–Kier alpha value is -2.54. The summed E-state index contributed by atoms with van der Waals surface area (Å²) in [7, 11) is 0. The lowest BCUT2D eigenvalue weighted by molar-refractivity contribution is -0.134. The van der Waals surface area contributed by atoms with Crippen LogP contribution in [-0.2, 0) is 9.53 Å². The third-order valence-corrected chi connectivity index (χ3v) is 4.17. The Morgan fingerprint density at radius 1 is 1.20 bits per heavy atom. The number of esters is 1. The van der Waals surface area contributed by atoms with Crippen molar-refractivity contribution in [2.24, 2.45) is 5.10 Å². The van der Waals surface area contributed by atoms with Crippen LogP contribution in [0.5, 0.6) is 0 Å². The number of hydrazone groups is 1. The summed E-state index contributed by atoms with van der Waals surface area (Å²) >= 11 is 3.11. The average molecular weight is 405 g/mol. The molecule has 0 bridgehead atoms. The average Bonchev–Trinajstić information content (AvgIpc) is 3.10. The Kier molecular flexibility index (Phi) is 5.23. The molecule has 25 heavy (non-hydrogen) atoms. The van der Waals surface area contributed by atoms with Crippen molar-refractivity contribution in [2.45, 2.75) is 6.42 Å². The fourth-order valence-corrected chi connectivity index (χ4v) is 2.74. The van der Waals surface area contributed by atoms with Gasteiger partial charge in [0, 0.05) is 10.9 Å². The van der Waals surface area contributed by atoms with Gasteiger partial charge in [0.15, 0.2) is 6.61 Å². The molecule has 1 heterocycles. The van der Waals surface area contributed by atoms with Crippen LogP contribution >= 0.6 is 15.9 Å². The number of halogens is 2. The number of nitrogens with zero attached hydrogens (tertiary/aromatic N) is 2. The molecule has 0 saturated carbocycles. The zero-order chi connectivity index (χ0) is 17.8. The van der Waals surface area contributed by atoms with E-state index >= 15 is 0 Å². The standard InChI is InChI=1S/C18H14BrFN2O3/c19-13-6-7-14(15(20)10-13)18(24)25-11-17(23)22-9-8-16(21-22)12-4-2-1-3-5-12/h1-7,10H,8-9,11H2. The van der Waals surface area contributed by atoms with Crippen molar-refractivity contribution in [3.8, 4) is 0 Å². The maximum Gasteiger partial charge on any atom is 0.341 e. The zero-order valence-electron chi connectivity index (χ0n) is 13.1. The molecule has 0 aromatic heterocycles. The van der Waals surface area contributed by atoms with Crippen LogP contribution in [0.3, 0.4) is 0 Å². The fourth-order valence-electron chi connectivity index (χ4n) is 2.41. The van der Waals surface area contributed by atoms with Crippen LogP contribution in [0.15, 0.2) is 58.1 Å². The van der Waals surface area contributed by atoms with Crippen LogP contribution in [0.25, 0.3) is 0 Å². The highest BCUT2D eigenvalue weighted by atomic mass is 79.9. The maximum absolute atomic E-state index is 13.7. The quantitative estimate of drug-likeness (QED) is 0.733. The van der Waals surface area contributed by atoms with Gasteiger partial charge in [0.05, 0.1) is 17.8 Å². The number of rotatable bonds is 4. The molecule has 128 valence electrons. The minimum atomic E-state index is -0.884. The van der Waals surface area contributed by atoms with Crippen LogP contribution in [0, 0.1) is 5.82 Å². The van der Waals surface area contributed by atoms with Gasteiger partial charge >= 0.3 is 5.97 Å². The molecule has 1 amide bonds. The van der Waals surface area contributed by atoms with E-state index in [4.69, 9.17) is 4.74 Å². The van der Waals surface area contributed by atoms with E-state index in [-0.39, 0.29) is 5.56 Å². The van der Waals surface area contributed by atoms with Gasteiger partial charge in [-0.3, -0.25) is 4.79 Å². The van der Waals surface area contributed by atoms with Gasteiger partial charge in [0.2, 0.25) is 0 Å². The first-order valence-corrected chi connectivity index (χ1v) is 8.39. The molecule has 5 nitrogen and oxygen atoms in total. The van der Waals surface area contributed by atoms with Gasteiger partial charge in [-0.15, -0.1) is 0 Å². The van der Waals surface area contributed by atoms with Crippen molar-refractivity contribution < 1.29 is 18.7 Å². The van der Waals surface area contributed by atoms with E-state index in [1.54, 1.807) is 0 Å². The Morgan fingerprint density at radius 2 is 1.96 bits per heavy atom. The molecular formula is C18H14BrFN2O3. The molecule has 7 heteroatoms. The van der Waals surface area contributed by atoms with E-state index < -0.39 is 24.3 Å². The van der Waals surface area contributed by atoms with Gasteiger partial charge in [0.25, 0.3) is 5.91 Å². The Bertz CT molecular complexity index is 839. The lowest BCUT2D eigenvalue weighted by Crippen LogP contribution is -2.29. The number of carbonyl (C=O) groups is 2. The molecule has 0 unspecified atom stereocenters. The molecule has 1 aliphatic rings. The first-order chi connectivity index (χ1) is 12.0. The first kappa shape index (κ1) is 17.3. The Balaban J connectivity index is 1.60. The number of amides is 1. The van der Waals surface area contributed by atoms with E-state index in [2.05, 4.69) is 21.0 Å². The van der Waals surface area contributed by atoms with Crippen molar-refractivity contribution >= 4 is 33.5 Å². The molecule has 0 atom stereocenters. The summed E-state index contributed by atoms with van der Waals surface area (Å²) < 4.78 is 19.1. The summed E-state index contributed by atoms with van der Waals surface area (Å²) in [5, 5.41) is 5.54. The Labute approximate surface area is 152 Å². The van der Waals surface area contributed by atoms with Gasteiger partial charge in [-0.25, -0.2) is 14.2 Å². The molecule has 0 saturated heterocycles. The normalized spacial score (nSPS) is 13.5. The summed E-state index contributed by atoms with van der Waals surface area (Å²) in [6.07, 6.45) is 0.630. The van der Waals surface area contributed by atoms with Gasteiger partial charge < -0.3 is 4.74 Å². The third kappa shape index (κ3) is 4.11. The molecule has 1 aliphatic heterocycles.